The maximum Gasteiger partial charge on any atom is 0.494 e. The van der Waals surface area contributed by atoms with Crippen molar-refractivity contribution in [3.05, 3.63) is 29.8 Å². The number of quaternary nitrogens is 1. The average molecular weight is 374 g/mol. The molecule has 0 N–H and O–H groups in total. The van der Waals surface area contributed by atoms with Crippen molar-refractivity contribution in [2.24, 2.45) is 0 Å². The molecule has 7 heteroatoms. The van der Waals surface area contributed by atoms with Crippen molar-refractivity contribution in [3.63, 3.8) is 0 Å². The second kappa shape index (κ2) is 10.0. The summed E-state index contributed by atoms with van der Waals surface area (Å²) in [6, 6.07) is 8.38. The van der Waals surface area contributed by atoms with Crippen molar-refractivity contribution in [1.82, 2.24) is 4.90 Å². The van der Waals surface area contributed by atoms with Gasteiger partial charge in [-0.05, 0) is 12.5 Å². The van der Waals surface area contributed by atoms with Gasteiger partial charge in [-0.25, -0.2) is 0 Å². The normalized spacial score (nSPS) is 17.6. The summed E-state index contributed by atoms with van der Waals surface area (Å²) in [6.45, 7) is 5.84. The lowest BCUT2D eigenvalue weighted by atomic mass is 9.75. The summed E-state index contributed by atoms with van der Waals surface area (Å²) < 4.78 is 12.8. The van der Waals surface area contributed by atoms with Crippen LogP contribution in [0, 0.1) is 0 Å². The highest BCUT2D eigenvalue weighted by molar-refractivity contribution is 6.61. The zero-order valence-corrected chi connectivity index (χ0v) is 16.2. The summed E-state index contributed by atoms with van der Waals surface area (Å²) in [5.74, 6) is 1.25. The lowest BCUT2D eigenvalue weighted by molar-refractivity contribution is -0.918. The van der Waals surface area contributed by atoms with Gasteiger partial charge in [0.15, 0.2) is 0 Å². The Morgan fingerprint density at radius 1 is 1.08 bits per heavy atom. The fraction of sp³-hybridized carbons (Fsp3) is 0.647. The molecule has 1 heterocycles. The molecule has 0 saturated carbocycles. The molecule has 0 radical (unpaired) electrons. The zero-order valence-electron chi connectivity index (χ0n) is 14.7. The van der Waals surface area contributed by atoms with Crippen molar-refractivity contribution < 1.29 is 13.8 Å². The number of alkyl halides is 2. The van der Waals surface area contributed by atoms with E-state index in [1.807, 2.05) is 6.07 Å². The molecular formula is C17H28BCl2N2O2+. The van der Waals surface area contributed by atoms with Gasteiger partial charge in [0.25, 0.3) is 0 Å². The number of likely N-dealkylation sites (N-methyl/N-ethyl adjacent to an activating group) is 1. The van der Waals surface area contributed by atoms with Crippen LogP contribution in [0.5, 0.6) is 0 Å². The Morgan fingerprint density at radius 3 is 2.25 bits per heavy atom. The number of benzene rings is 1. The second-order valence-electron chi connectivity index (χ2n) is 6.68. The van der Waals surface area contributed by atoms with E-state index in [1.165, 1.54) is 5.56 Å². The van der Waals surface area contributed by atoms with E-state index < -0.39 is 0 Å². The van der Waals surface area contributed by atoms with Crippen LogP contribution in [0.4, 0.5) is 0 Å². The third kappa shape index (κ3) is 5.90. The molecule has 24 heavy (non-hydrogen) atoms. The molecule has 2 rings (SSSR count). The smallest absolute Gasteiger partial charge is 0.406 e. The maximum atomic E-state index is 6.02. The minimum atomic E-state index is -0.296. The third-order valence-corrected chi connectivity index (χ3v) is 4.93. The van der Waals surface area contributed by atoms with E-state index >= 15 is 0 Å². The Kier molecular flexibility index (Phi) is 8.34. The van der Waals surface area contributed by atoms with Crippen molar-refractivity contribution in [2.75, 3.05) is 65.2 Å². The summed E-state index contributed by atoms with van der Waals surface area (Å²) in [6.07, 6.45) is 0. The van der Waals surface area contributed by atoms with E-state index in [0.29, 0.717) is 25.0 Å². The number of nitrogens with zero attached hydrogens (tertiary/aromatic N) is 2. The SMILES string of the molecule is CN1CCOB(c2ccccc2C[N+](C)(CCCl)CCCl)OCC1. The van der Waals surface area contributed by atoms with E-state index in [-0.39, 0.29) is 7.12 Å². The first-order valence-electron chi connectivity index (χ1n) is 8.53. The van der Waals surface area contributed by atoms with E-state index in [1.54, 1.807) is 0 Å². The highest BCUT2D eigenvalue weighted by atomic mass is 35.5. The largest absolute Gasteiger partial charge is 0.494 e. The van der Waals surface area contributed by atoms with Crippen LogP contribution in [-0.4, -0.2) is 81.7 Å². The van der Waals surface area contributed by atoms with Crippen molar-refractivity contribution in [3.8, 4) is 0 Å². The van der Waals surface area contributed by atoms with Crippen LogP contribution in [-0.2, 0) is 15.9 Å². The van der Waals surface area contributed by atoms with E-state index in [9.17, 15) is 0 Å². The molecular weight excluding hydrogens is 346 g/mol. The number of hydrogen-bond acceptors (Lipinski definition) is 3. The van der Waals surface area contributed by atoms with Gasteiger partial charge in [-0.2, -0.15) is 0 Å². The highest BCUT2D eigenvalue weighted by Crippen LogP contribution is 2.13. The first-order valence-corrected chi connectivity index (χ1v) is 9.60. The van der Waals surface area contributed by atoms with Crippen LogP contribution < -0.4 is 5.46 Å². The molecule has 1 saturated heterocycles. The predicted molar refractivity (Wildman–Crippen MR) is 102 cm³/mol. The Balaban J connectivity index is 2.16. The van der Waals surface area contributed by atoms with Gasteiger partial charge in [0.2, 0.25) is 0 Å². The van der Waals surface area contributed by atoms with E-state index in [0.717, 1.165) is 42.7 Å². The standard InChI is InChI=1S/C17H28BCl2N2O2/c1-21-9-13-23-18(24-14-10-21)17-6-4-3-5-16(17)15-22(2,11-7-19)12-8-20/h3-6H,7-15H2,1-2H3/q+1. The zero-order chi connectivity index (χ0) is 17.4. The average Bonchev–Trinajstić information content (AvgIpc) is 2.52. The van der Waals surface area contributed by atoms with Crippen molar-refractivity contribution >= 4 is 35.8 Å². The van der Waals surface area contributed by atoms with Crippen LogP contribution in [0.25, 0.3) is 0 Å². The van der Waals surface area contributed by atoms with Crippen LogP contribution in [0.15, 0.2) is 24.3 Å². The lowest BCUT2D eigenvalue weighted by Gasteiger charge is -2.34. The molecule has 0 atom stereocenters. The van der Waals surface area contributed by atoms with Crippen molar-refractivity contribution in [2.45, 2.75) is 6.54 Å². The molecule has 1 aromatic carbocycles. The van der Waals surface area contributed by atoms with Gasteiger partial charge in [-0.3, -0.25) is 0 Å². The number of hydrogen-bond donors (Lipinski definition) is 0. The fourth-order valence-corrected chi connectivity index (χ4v) is 3.78. The quantitative estimate of drug-likeness (QED) is 0.413. The van der Waals surface area contributed by atoms with E-state index in [2.05, 4.69) is 37.2 Å². The van der Waals surface area contributed by atoms with Gasteiger partial charge >= 0.3 is 7.12 Å². The molecule has 0 spiro atoms. The number of rotatable bonds is 7. The summed E-state index contributed by atoms with van der Waals surface area (Å²) in [7, 11) is 3.99. The Bertz CT molecular complexity index is 491. The van der Waals surface area contributed by atoms with E-state index in [4.69, 9.17) is 32.5 Å². The Labute approximate surface area is 156 Å². The number of halogens is 2. The second-order valence-corrected chi connectivity index (χ2v) is 7.43. The lowest BCUT2D eigenvalue weighted by Crippen LogP contribution is -2.50. The fourth-order valence-electron chi connectivity index (χ4n) is 2.97. The van der Waals surface area contributed by atoms with Gasteiger partial charge in [0.05, 0.1) is 31.9 Å². The molecule has 1 aromatic rings. The third-order valence-electron chi connectivity index (χ3n) is 4.59. The molecule has 0 bridgehead atoms. The highest BCUT2D eigenvalue weighted by Gasteiger charge is 2.29. The molecule has 0 aromatic heterocycles. The van der Waals surface area contributed by atoms with Crippen LogP contribution in [0.1, 0.15) is 5.56 Å². The first kappa shape index (κ1) is 20.0. The molecule has 1 aliphatic heterocycles. The maximum absolute atomic E-state index is 6.02. The van der Waals surface area contributed by atoms with Crippen LogP contribution in [0.2, 0.25) is 0 Å². The molecule has 1 aliphatic rings. The summed E-state index contributed by atoms with van der Waals surface area (Å²) in [4.78, 5) is 2.22. The Hall–Kier alpha value is -0.295. The molecule has 0 amide bonds. The monoisotopic (exact) mass is 373 g/mol. The molecule has 134 valence electrons. The summed E-state index contributed by atoms with van der Waals surface area (Å²) in [5, 5.41) is 0. The predicted octanol–water partition coefficient (Wildman–Crippen LogP) is 1.78. The molecule has 1 fully saturated rings. The van der Waals surface area contributed by atoms with Gasteiger partial charge in [0, 0.05) is 31.9 Å². The first-order chi connectivity index (χ1) is 11.6. The molecule has 4 nitrogen and oxygen atoms in total. The van der Waals surface area contributed by atoms with Gasteiger partial charge in [0.1, 0.15) is 6.54 Å². The van der Waals surface area contributed by atoms with Gasteiger partial charge in [-0.15, -0.1) is 23.2 Å². The molecule has 0 aliphatic carbocycles. The van der Waals surface area contributed by atoms with Gasteiger partial charge < -0.3 is 18.7 Å². The summed E-state index contributed by atoms with van der Waals surface area (Å²) >= 11 is 12.0. The minimum Gasteiger partial charge on any atom is -0.406 e. The molecule has 0 unspecified atom stereocenters. The van der Waals surface area contributed by atoms with Gasteiger partial charge in [-0.1, -0.05) is 24.3 Å². The minimum absolute atomic E-state index is 0.296. The topological polar surface area (TPSA) is 21.7 Å². The summed E-state index contributed by atoms with van der Waals surface area (Å²) in [5.41, 5.74) is 2.37. The Morgan fingerprint density at radius 2 is 1.67 bits per heavy atom. The van der Waals surface area contributed by atoms with Crippen molar-refractivity contribution in [1.29, 1.82) is 0 Å². The van der Waals surface area contributed by atoms with Crippen LogP contribution >= 0.6 is 23.2 Å². The van der Waals surface area contributed by atoms with Crippen LogP contribution in [0.3, 0.4) is 0 Å².